The zero-order chi connectivity index (χ0) is 33.0. The minimum absolute atomic E-state index is 0.0217. The van der Waals surface area contributed by atoms with Crippen molar-refractivity contribution in [2.45, 2.75) is 68.1 Å². The lowest BCUT2D eigenvalue weighted by Gasteiger charge is -2.37. The lowest BCUT2D eigenvalue weighted by Crippen LogP contribution is -2.33. The van der Waals surface area contributed by atoms with E-state index >= 15 is 0 Å². The average Bonchev–Trinajstić information content (AvgIpc) is 3.21. The van der Waals surface area contributed by atoms with Gasteiger partial charge in [-0.25, -0.2) is 8.42 Å². The molecule has 8 heteroatoms. The molecular formula is C39H37NO5S2. The fraction of sp³-hybridized carbons (Fsp3) is 0.256. The number of benzene rings is 4. The smallest absolute Gasteiger partial charge is 0.282 e. The van der Waals surface area contributed by atoms with Crippen molar-refractivity contribution < 1.29 is 21.4 Å². The van der Waals surface area contributed by atoms with Gasteiger partial charge in [-0.15, -0.1) is 0 Å². The molecule has 2 unspecified atom stereocenters. The highest BCUT2D eigenvalue weighted by Gasteiger charge is 2.35. The lowest BCUT2D eigenvalue weighted by atomic mass is 9.67. The van der Waals surface area contributed by atoms with Gasteiger partial charge in [0.25, 0.3) is 10.1 Å². The van der Waals surface area contributed by atoms with E-state index in [1.54, 1.807) is 6.07 Å². The zero-order valence-corrected chi connectivity index (χ0v) is 28.1. The van der Waals surface area contributed by atoms with Gasteiger partial charge in [0.15, 0.2) is 0 Å². The number of hydrogen-bond acceptors (Lipinski definition) is 5. The summed E-state index contributed by atoms with van der Waals surface area (Å²) in [7, 11) is -8.89. The van der Waals surface area contributed by atoms with Gasteiger partial charge in [0, 0.05) is 23.9 Å². The van der Waals surface area contributed by atoms with Crippen molar-refractivity contribution in [3.05, 3.63) is 134 Å². The summed E-state index contributed by atoms with van der Waals surface area (Å²) in [6.07, 6.45) is 14.0. The minimum atomic E-state index is -4.63. The Labute approximate surface area is 275 Å². The number of rotatable bonds is 7. The van der Waals surface area contributed by atoms with E-state index in [9.17, 15) is 21.4 Å². The van der Waals surface area contributed by atoms with Crippen LogP contribution in [0.5, 0.6) is 0 Å². The number of nitrogens with zero attached hydrogens (tertiary/aromatic N) is 1. The molecule has 0 fully saturated rings. The van der Waals surface area contributed by atoms with Gasteiger partial charge >= 0.3 is 0 Å². The second-order valence-corrected chi connectivity index (χ2v) is 16.2. The van der Waals surface area contributed by atoms with E-state index in [1.165, 1.54) is 47.3 Å². The van der Waals surface area contributed by atoms with Gasteiger partial charge in [-0.2, -0.15) is 8.42 Å². The standard InChI is InChI=1S/C39H37NO5S2/c1-3-5-19-39(4-2)20-18-26-15-17-33-30-11-7-6-10-27(30)21-34(38(33)35(26)23-39)31-12-8-9-13-32(31)37-25-40-24-28-14-16-29(47(43,44)45)22-36(28)46(37,41)42/h6-18,21-22,24-25,34H,3-5,19-20,23H2,1-2H3,(H,43,44,45). The summed E-state index contributed by atoms with van der Waals surface area (Å²) in [6.45, 7) is 4.54. The molecule has 4 aromatic rings. The van der Waals surface area contributed by atoms with Crippen LogP contribution in [0.4, 0.5) is 0 Å². The van der Waals surface area contributed by atoms with Crippen molar-refractivity contribution >= 4 is 43.2 Å². The van der Waals surface area contributed by atoms with Crippen LogP contribution in [0.15, 0.2) is 99.8 Å². The molecule has 0 saturated heterocycles. The quantitative estimate of drug-likeness (QED) is 0.223. The van der Waals surface area contributed by atoms with E-state index in [1.807, 2.05) is 24.3 Å². The van der Waals surface area contributed by atoms with Gasteiger partial charge in [0.05, 0.1) is 14.7 Å². The molecule has 47 heavy (non-hydrogen) atoms. The maximum Gasteiger partial charge on any atom is 0.294 e. The Bertz CT molecular complexity index is 2450. The first-order valence-corrected chi connectivity index (χ1v) is 19.1. The highest BCUT2D eigenvalue weighted by atomic mass is 32.2. The molecule has 0 saturated carbocycles. The third kappa shape index (κ3) is 5.42. The topological polar surface area (TPSA) is 101 Å². The molecule has 7 rings (SSSR count). The van der Waals surface area contributed by atoms with E-state index in [0.717, 1.165) is 59.4 Å². The van der Waals surface area contributed by atoms with Crippen molar-refractivity contribution in [3.63, 3.8) is 0 Å². The molecule has 1 heterocycles. The summed E-state index contributed by atoms with van der Waals surface area (Å²) < 4.78 is 62.5. The highest BCUT2D eigenvalue weighted by molar-refractivity contribution is 8.00. The van der Waals surface area contributed by atoms with Gasteiger partial charge in [0.1, 0.15) is 0 Å². The Morgan fingerprint density at radius 3 is 2.51 bits per heavy atom. The number of aliphatic imine (C=N–C) groups is 1. The fourth-order valence-corrected chi connectivity index (χ4v) is 9.82. The number of unbranched alkanes of at least 4 members (excludes halogenated alkanes) is 1. The Hall–Kier alpha value is -4.11. The molecule has 0 aromatic heterocycles. The second kappa shape index (κ2) is 11.8. The SMILES string of the molecule is CCCCC1(CC)CC=c2ccc3c(c2C1)C(c1ccccc1C1=CN=Cc2ccc(S(=O)(=O)O)cc2S1(=O)=O)C=c1ccccc1=3. The molecule has 1 N–H and O–H groups in total. The molecule has 0 spiro atoms. The van der Waals surface area contributed by atoms with Gasteiger partial charge < -0.3 is 0 Å². The number of fused-ring (bicyclic) bond motifs is 5. The predicted molar refractivity (Wildman–Crippen MR) is 187 cm³/mol. The summed E-state index contributed by atoms with van der Waals surface area (Å²) in [5.41, 5.74) is 4.30. The zero-order valence-electron chi connectivity index (χ0n) is 26.5. The van der Waals surface area contributed by atoms with E-state index in [-0.39, 0.29) is 26.7 Å². The molecule has 2 atom stereocenters. The first-order chi connectivity index (χ1) is 22.6. The van der Waals surface area contributed by atoms with Crippen LogP contribution in [0.1, 0.15) is 79.7 Å². The maximum atomic E-state index is 14.4. The van der Waals surface area contributed by atoms with Crippen LogP contribution < -0.4 is 10.4 Å². The van der Waals surface area contributed by atoms with Crippen LogP contribution in [0.3, 0.4) is 0 Å². The third-order valence-corrected chi connectivity index (χ3v) is 12.9. The Morgan fingerprint density at radius 2 is 1.72 bits per heavy atom. The number of sulfone groups is 1. The van der Waals surface area contributed by atoms with E-state index in [0.29, 0.717) is 5.56 Å². The van der Waals surface area contributed by atoms with Crippen molar-refractivity contribution in [1.29, 1.82) is 0 Å². The summed E-state index contributed by atoms with van der Waals surface area (Å²) in [6, 6.07) is 23.9. The van der Waals surface area contributed by atoms with Crippen LogP contribution in [-0.4, -0.2) is 27.6 Å². The Kier molecular flexibility index (Phi) is 7.94. The van der Waals surface area contributed by atoms with Gasteiger partial charge in [-0.3, -0.25) is 9.55 Å². The van der Waals surface area contributed by atoms with Crippen molar-refractivity contribution in [2.75, 3.05) is 0 Å². The van der Waals surface area contributed by atoms with Crippen molar-refractivity contribution in [1.82, 2.24) is 0 Å². The maximum absolute atomic E-state index is 14.4. The van der Waals surface area contributed by atoms with Crippen LogP contribution in [0.25, 0.3) is 17.1 Å². The molecule has 0 bridgehead atoms. The molecule has 240 valence electrons. The lowest BCUT2D eigenvalue weighted by molar-refractivity contribution is 0.244. The van der Waals surface area contributed by atoms with E-state index < -0.39 is 24.9 Å². The first-order valence-electron chi connectivity index (χ1n) is 16.2. The second-order valence-electron chi connectivity index (χ2n) is 12.9. The van der Waals surface area contributed by atoms with Crippen LogP contribution in [-0.2, 0) is 26.4 Å². The predicted octanol–water partition coefficient (Wildman–Crippen LogP) is 6.66. The molecule has 6 nitrogen and oxygen atoms in total. The molecule has 3 aliphatic rings. The number of hydrogen-bond donors (Lipinski definition) is 1. The molecule has 4 aromatic carbocycles. The van der Waals surface area contributed by atoms with Crippen LogP contribution in [0.2, 0.25) is 0 Å². The largest absolute Gasteiger partial charge is 0.294 e. The normalized spacial score (nSPS) is 20.7. The summed E-state index contributed by atoms with van der Waals surface area (Å²) in [4.78, 5) is 3.63. The summed E-state index contributed by atoms with van der Waals surface area (Å²) >= 11 is 0. The summed E-state index contributed by atoms with van der Waals surface area (Å²) in [5.74, 6) is -0.245. The molecule has 0 amide bonds. The first kappa shape index (κ1) is 31.5. The summed E-state index contributed by atoms with van der Waals surface area (Å²) in [5, 5.41) is 4.66. The van der Waals surface area contributed by atoms with Gasteiger partial charge in [-0.05, 0) is 86.4 Å². The van der Waals surface area contributed by atoms with Gasteiger partial charge in [0.2, 0.25) is 9.84 Å². The highest BCUT2D eigenvalue weighted by Crippen LogP contribution is 2.44. The Morgan fingerprint density at radius 1 is 0.936 bits per heavy atom. The Balaban J connectivity index is 1.47. The molecule has 0 radical (unpaired) electrons. The minimum Gasteiger partial charge on any atom is -0.282 e. The van der Waals surface area contributed by atoms with Crippen LogP contribution in [0, 0.1) is 15.9 Å². The van der Waals surface area contributed by atoms with Crippen molar-refractivity contribution in [3.8, 4) is 0 Å². The molecular weight excluding hydrogens is 627 g/mol. The monoisotopic (exact) mass is 663 g/mol. The average molecular weight is 664 g/mol. The van der Waals surface area contributed by atoms with Crippen molar-refractivity contribution in [2.24, 2.45) is 10.4 Å². The van der Waals surface area contributed by atoms with Crippen LogP contribution >= 0.6 is 0 Å². The van der Waals surface area contributed by atoms with E-state index in [2.05, 4.69) is 61.3 Å². The fourth-order valence-electron chi connectivity index (χ4n) is 7.61. The third-order valence-electron chi connectivity index (χ3n) is 10.2. The molecule has 1 aliphatic heterocycles. The molecule has 2 aliphatic carbocycles. The van der Waals surface area contributed by atoms with E-state index in [4.69, 9.17) is 0 Å². The van der Waals surface area contributed by atoms with Gasteiger partial charge in [-0.1, -0.05) is 106 Å².